The van der Waals surface area contributed by atoms with Crippen molar-refractivity contribution in [2.45, 2.75) is 50.6 Å². The lowest BCUT2D eigenvalue weighted by molar-refractivity contribution is -0.0856. The molecule has 2 N–H and O–H groups in total. The first-order valence-electron chi connectivity index (χ1n) is 13.8. The van der Waals surface area contributed by atoms with Gasteiger partial charge in [-0.1, -0.05) is 18.2 Å². The van der Waals surface area contributed by atoms with Crippen molar-refractivity contribution in [3.05, 3.63) is 60.9 Å². The molecule has 38 heavy (non-hydrogen) atoms. The smallest absolute Gasteiger partial charge is 0.164 e. The Balaban J connectivity index is 1.11. The molecule has 2 aromatic heterocycles. The summed E-state index contributed by atoms with van der Waals surface area (Å²) in [5, 5.41) is 5.95. The van der Waals surface area contributed by atoms with Crippen molar-refractivity contribution in [2.24, 2.45) is 5.41 Å². The van der Waals surface area contributed by atoms with Gasteiger partial charge in [0.2, 0.25) is 0 Å². The average molecular weight is 511 g/mol. The summed E-state index contributed by atoms with van der Waals surface area (Å²) in [4.78, 5) is 11.6. The number of nitrogen functional groups attached to an aromatic ring is 1. The molecule has 196 valence electrons. The molecule has 0 radical (unpaired) electrons. The molecule has 2 aliphatic heterocycles. The van der Waals surface area contributed by atoms with E-state index < -0.39 is 0 Å². The van der Waals surface area contributed by atoms with Gasteiger partial charge in [-0.25, -0.2) is 14.6 Å². The highest BCUT2D eigenvalue weighted by Crippen LogP contribution is 2.48. The fraction of sp³-hybridized carbons (Fsp3) is 0.433. The normalized spacial score (nSPS) is 20.5. The lowest BCUT2D eigenvalue weighted by Gasteiger charge is -2.49. The maximum Gasteiger partial charge on any atom is 0.164 e. The molecular formula is C30H34N6O2. The number of anilines is 1. The van der Waals surface area contributed by atoms with Gasteiger partial charge in [-0.3, -0.25) is 4.90 Å². The SMILES string of the molecule is Nc1ncnc2c1c(-c1ccc(Oc3ccccc3)cc1)nn2C1CCC2(CC1)CCN(C1COC1)CC2. The van der Waals surface area contributed by atoms with E-state index in [-0.39, 0.29) is 0 Å². The molecule has 3 fully saturated rings. The van der Waals surface area contributed by atoms with Gasteiger partial charge < -0.3 is 15.2 Å². The molecule has 4 aromatic rings. The first kappa shape index (κ1) is 23.6. The van der Waals surface area contributed by atoms with Crippen LogP contribution in [0.4, 0.5) is 5.82 Å². The van der Waals surface area contributed by atoms with Crippen molar-refractivity contribution in [2.75, 3.05) is 32.0 Å². The molecule has 3 aliphatic rings. The van der Waals surface area contributed by atoms with Gasteiger partial charge >= 0.3 is 0 Å². The predicted octanol–water partition coefficient (Wildman–Crippen LogP) is 5.46. The van der Waals surface area contributed by atoms with Gasteiger partial charge in [0.05, 0.1) is 30.7 Å². The number of fused-ring (bicyclic) bond motifs is 1. The number of likely N-dealkylation sites (tertiary alicyclic amines) is 1. The molecule has 1 saturated carbocycles. The molecule has 0 amide bonds. The molecule has 0 bridgehead atoms. The van der Waals surface area contributed by atoms with E-state index >= 15 is 0 Å². The Morgan fingerprint density at radius 2 is 1.55 bits per heavy atom. The van der Waals surface area contributed by atoms with Crippen molar-refractivity contribution in [1.82, 2.24) is 24.6 Å². The predicted molar refractivity (Wildman–Crippen MR) is 147 cm³/mol. The van der Waals surface area contributed by atoms with E-state index in [1.165, 1.54) is 38.8 Å². The number of piperidine rings is 1. The molecule has 1 spiro atoms. The number of rotatable bonds is 5. The van der Waals surface area contributed by atoms with Crippen LogP contribution in [0.3, 0.4) is 0 Å². The fourth-order valence-electron chi connectivity index (χ4n) is 6.51. The van der Waals surface area contributed by atoms with Gasteiger partial charge in [-0.05, 0) is 93.4 Å². The Labute approximate surface area is 222 Å². The Morgan fingerprint density at radius 3 is 2.24 bits per heavy atom. The van der Waals surface area contributed by atoms with Gasteiger partial charge in [-0.15, -0.1) is 0 Å². The lowest BCUT2D eigenvalue weighted by Crippen LogP contribution is -2.53. The minimum absolute atomic E-state index is 0.324. The van der Waals surface area contributed by atoms with Crippen molar-refractivity contribution in [3.8, 4) is 22.8 Å². The van der Waals surface area contributed by atoms with E-state index in [2.05, 4.69) is 19.5 Å². The molecule has 0 atom stereocenters. The third-order valence-corrected chi connectivity index (χ3v) is 8.98. The van der Waals surface area contributed by atoms with Crippen LogP contribution in [0.15, 0.2) is 60.9 Å². The van der Waals surface area contributed by atoms with E-state index in [1.54, 1.807) is 6.33 Å². The Hall–Kier alpha value is -3.49. The molecule has 1 aliphatic carbocycles. The van der Waals surface area contributed by atoms with Crippen LogP contribution >= 0.6 is 0 Å². The Kier molecular flexibility index (Phi) is 6.01. The molecule has 8 heteroatoms. The summed E-state index contributed by atoms with van der Waals surface area (Å²) in [5.41, 5.74) is 9.52. The number of aromatic nitrogens is 4. The summed E-state index contributed by atoms with van der Waals surface area (Å²) in [6.07, 6.45) is 8.89. The zero-order valence-corrected chi connectivity index (χ0v) is 21.6. The molecular weight excluding hydrogens is 476 g/mol. The number of hydrogen-bond acceptors (Lipinski definition) is 7. The first-order chi connectivity index (χ1) is 18.7. The van der Waals surface area contributed by atoms with E-state index in [0.29, 0.717) is 23.3 Å². The molecule has 2 aromatic carbocycles. The van der Waals surface area contributed by atoms with E-state index in [1.807, 2.05) is 54.6 Å². The summed E-state index contributed by atoms with van der Waals surface area (Å²) in [6, 6.07) is 18.8. The van der Waals surface area contributed by atoms with Crippen LogP contribution in [0.1, 0.15) is 44.6 Å². The third-order valence-electron chi connectivity index (χ3n) is 8.98. The van der Waals surface area contributed by atoms with Gasteiger partial charge in [0, 0.05) is 5.56 Å². The number of para-hydroxylation sites is 1. The second-order valence-electron chi connectivity index (χ2n) is 11.1. The highest BCUT2D eigenvalue weighted by Gasteiger charge is 2.41. The highest BCUT2D eigenvalue weighted by atomic mass is 16.5. The van der Waals surface area contributed by atoms with Gasteiger partial charge in [0.15, 0.2) is 5.65 Å². The molecule has 4 heterocycles. The number of hydrogen-bond donors (Lipinski definition) is 1. The molecule has 0 unspecified atom stereocenters. The molecule has 2 saturated heterocycles. The van der Waals surface area contributed by atoms with Crippen LogP contribution in [-0.4, -0.2) is 57.0 Å². The monoisotopic (exact) mass is 510 g/mol. The van der Waals surface area contributed by atoms with Crippen LogP contribution in [0.25, 0.3) is 22.3 Å². The Bertz CT molecular complexity index is 1400. The highest BCUT2D eigenvalue weighted by molar-refractivity contribution is 5.98. The van der Waals surface area contributed by atoms with E-state index in [0.717, 1.165) is 59.8 Å². The van der Waals surface area contributed by atoms with E-state index in [9.17, 15) is 0 Å². The topological polar surface area (TPSA) is 91.3 Å². The maximum atomic E-state index is 6.39. The van der Waals surface area contributed by atoms with Crippen LogP contribution < -0.4 is 10.5 Å². The molecule has 7 rings (SSSR count). The number of ether oxygens (including phenoxy) is 2. The maximum absolute atomic E-state index is 6.39. The van der Waals surface area contributed by atoms with Crippen molar-refractivity contribution < 1.29 is 9.47 Å². The number of nitrogens with zero attached hydrogens (tertiary/aromatic N) is 5. The summed E-state index contributed by atoms with van der Waals surface area (Å²) in [6.45, 7) is 4.25. The number of nitrogens with two attached hydrogens (primary N) is 1. The van der Waals surface area contributed by atoms with Crippen LogP contribution in [0, 0.1) is 5.41 Å². The standard InChI is InChI=1S/C30H34N6O2/c31-28-26-27(21-6-8-25(9-7-21)38-24-4-2-1-3-5-24)34-36(29(26)33-20-32-28)22-10-12-30(13-11-22)14-16-35(17-15-30)23-18-37-19-23/h1-9,20,22-23H,10-19H2,(H2,31,32,33). The summed E-state index contributed by atoms with van der Waals surface area (Å²) < 4.78 is 13.5. The van der Waals surface area contributed by atoms with Crippen LogP contribution in [0.2, 0.25) is 0 Å². The lowest BCUT2D eigenvalue weighted by atomic mass is 9.67. The van der Waals surface area contributed by atoms with Crippen molar-refractivity contribution in [3.63, 3.8) is 0 Å². The Morgan fingerprint density at radius 1 is 0.842 bits per heavy atom. The number of benzene rings is 2. The van der Waals surface area contributed by atoms with Crippen molar-refractivity contribution in [1.29, 1.82) is 0 Å². The second-order valence-corrected chi connectivity index (χ2v) is 11.1. The third kappa shape index (κ3) is 4.31. The van der Waals surface area contributed by atoms with E-state index in [4.69, 9.17) is 20.3 Å². The summed E-state index contributed by atoms with van der Waals surface area (Å²) >= 11 is 0. The summed E-state index contributed by atoms with van der Waals surface area (Å²) in [7, 11) is 0. The first-order valence-corrected chi connectivity index (χ1v) is 13.8. The minimum atomic E-state index is 0.324. The summed E-state index contributed by atoms with van der Waals surface area (Å²) in [5.74, 6) is 2.06. The average Bonchev–Trinajstić information content (AvgIpc) is 3.32. The zero-order valence-electron chi connectivity index (χ0n) is 21.6. The fourth-order valence-corrected chi connectivity index (χ4v) is 6.51. The zero-order chi connectivity index (χ0) is 25.5. The van der Waals surface area contributed by atoms with Gasteiger partial charge in [0.25, 0.3) is 0 Å². The van der Waals surface area contributed by atoms with Gasteiger partial charge in [0.1, 0.15) is 29.3 Å². The van der Waals surface area contributed by atoms with Gasteiger partial charge in [-0.2, -0.15) is 5.10 Å². The molecule has 8 nitrogen and oxygen atoms in total. The van der Waals surface area contributed by atoms with Crippen LogP contribution in [0.5, 0.6) is 11.5 Å². The van der Waals surface area contributed by atoms with Crippen LogP contribution in [-0.2, 0) is 4.74 Å². The largest absolute Gasteiger partial charge is 0.457 e. The second kappa shape index (κ2) is 9.67. The van der Waals surface area contributed by atoms with Crippen molar-refractivity contribution >= 4 is 16.9 Å². The quantitative estimate of drug-likeness (QED) is 0.381. The minimum Gasteiger partial charge on any atom is -0.457 e.